The quantitative estimate of drug-likeness (QED) is 0.621. The minimum atomic E-state index is -0.912. The lowest BCUT2D eigenvalue weighted by molar-refractivity contribution is -0.138. The van der Waals surface area contributed by atoms with Crippen LogP contribution in [0.15, 0.2) is 0 Å². The summed E-state index contributed by atoms with van der Waals surface area (Å²) in [7, 11) is 0. The van der Waals surface area contributed by atoms with Crippen molar-refractivity contribution in [1.82, 2.24) is 10.2 Å². The third kappa shape index (κ3) is 9.04. The molecule has 0 aromatic heterocycles. The zero-order valence-electron chi connectivity index (χ0n) is 11.8. The molecule has 0 heterocycles. The van der Waals surface area contributed by atoms with E-state index in [0.717, 1.165) is 6.42 Å². The van der Waals surface area contributed by atoms with Gasteiger partial charge in [0.15, 0.2) is 0 Å². The number of carbonyl (C=O) groups excluding carboxylic acids is 2. The lowest BCUT2D eigenvalue weighted by Gasteiger charge is -2.19. The Morgan fingerprint density at radius 1 is 1.11 bits per heavy atom. The molecule has 2 N–H and O–H groups in total. The molecule has 0 aromatic carbocycles. The lowest BCUT2D eigenvalue weighted by atomic mass is 10.2. The summed E-state index contributed by atoms with van der Waals surface area (Å²) in [6.07, 6.45) is 1.97. The smallest absolute Gasteiger partial charge is 0.305 e. The van der Waals surface area contributed by atoms with Gasteiger partial charge in [-0.15, -0.1) is 0 Å². The van der Waals surface area contributed by atoms with E-state index in [9.17, 15) is 14.4 Å². The number of aliphatic carboxylic acids is 1. The van der Waals surface area contributed by atoms with Crippen LogP contribution >= 0.6 is 0 Å². The first-order valence-corrected chi connectivity index (χ1v) is 6.77. The zero-order chi connectivity index (χ0) is 14.7. The minimum absolute atomic E-state index is 0.0387. The number of amides is 2. The van der Waals surface area contributed by atoms with Crippen LogP contribution in [0.3, 0.4) is 0 Å². The number of hydrogen-bond acceptors (Lipinski definition) is 3. The molecular formula is C13H24N2O4. The van der Waals surface area contributed by atoms with E-state index >= 15 is 0 Å². The molecule has 0 fully saturated rings. The zero-order valence-corrected chi connectivity index (χ0v) is 11.8. The first-order chi connectivity index (χ1) is 9.01. The molecule has 0 atom stereocenters. The summed E-state index contributed by atoms with van der Waals surface area (Å²) >= 11 is 0. The molecule has 0 aliphatic rings. The third-order valence-corrected chi connectivity index (χ3v) is 2.70. The standard InChI is InChI=1S/C13H24N2O4/c1-3-9-14-11(16)6-5-7-12(17)15(4-2)10-8-13(18)19/h3-10H2,1-2H3,(H,14,16)(H,18,19). The molecule has 0 radical (unpaired) electrons. The van der Waals surface area contributed by atoms with Crippen LogP contribution < -0.4 is 5.32 Å². The van der Waals surface area contributed by atoms with Crippen molar-refractivity contribution in [3.63, 3.8) is 0 Å². The summed E-state index contributed by atoms with van der Waals surface area (Å²) in [5.41, 5.74) is 0. The summed E-state index contributed by atoms with van der Waals surface area (Å²) in [6.45, 7) is 5.17. The first-order valence-electron chi connectivity index (χ1n) is 6.77. The van der Waals surface area contributed by atoms with Gasteiger partial charge in [-0.3, -0.25) is 14.4 Å². The van der Waals surface area contributed by atoms with Crippen LogP contribution in [0.4, 0.5) is 0 Å². The Kier molecular flexibility index (Phi) is 9.48. The second-order valence-electron chi connectivity index (χ2n) is 4.32. The average molecular weight is 272 g/mol. The van der Waals surface area contributed by atoms with Crippen LogP contribution in [0, 0.1) is 0 Å². The Morgan fingerprint density at radius 2 is 1.79 bits per heavy atom. The largest absolute Gasteiger partial charge is 0.481 e. The maximum atomic E-state index is 11.8. The molecule has 0 saturated heterocycles. The number of nitrogens with zero attached hydrogens (tertiary/aromatic N) is 1. The molecule has 0 aromatic rings. The summed E-state index contributed by atoms with van der Waals surface area (Å²) in [4.78, 5) is 35.1. The van der Waals surface area contributed by atoms with Crippen molar-refractivity contribution >= 4 is 17.8 Å². The highest BCUT2D eigenvalue weighted by Crippen LogP contribution is 2.02. The molecule has 19 heavy (non-hydrogen) atoms. The highest BCUT2D eigenvalue weighted by molar-refractivity contribution is 5.79. The van der Waals surface area contributed by atoms with Gasteiger partial charge in [-0.25, -0.2) is 0 Å². The summed E-state index contributed by atoms with van der Waals surface area (Å²) in [5.74, 6) is -1.04. The maximum absolute atomic E-state index is 11.8. The van der Waals surface area contributed by atoms with Crippen LogP contribution in [-0.4, -0.2) is 47.4 Å². The van der Waals surface area contributed by atoms with Gasteiger partial charge in [0.25, 0.3) is 0 Å². The molecule has 0 spiro atoms. The van der Waals surface area contributed by atoms with Gasteiger partial charge in [0.1, 0.15) is 0 Å². The fourth-order valence-corrected chi connectivity index (χ4v) is 1.60. The van der Waals surface area contributed by atoms with E-state index in [4.69, 9.17) is 5.11 Å². The fourth-order valence-electron chi connectivity index (χ4n) is 1.60. The van der Waals surface area contributed by atoms with Crippen molar-refractivity contribution in [3.8, 4) is 0 Å². The molecular weight excluding hydrogens is 248 g/mol. The Labute approximate surface area is 114 Å². The first kappa shape index (κ1) is 17.4. The average Bonchev–Trinajstić information content (AvgIpc) is 2.36. The van der Waals surface area contributed by atoms with Gasteiger partial charge in [-0.1, -0.05) is 6.92 Å². The topological polar surface area (TPSA) is 86.7 Å². The highest BCUT2D eigenvalue weighted by atomic mass is 16.4. The summed E-state index contributed by atoms with van der Waals surface area (Å²) < 4.78 is 0. The molecule has 110 valence electrons. The second kappa shape index (κ2) is 10.3. The highest BCUT2D eigenvalue weighted by Gasteiger charge is 2.13. The second-order valence-corrected chi connectivity index (χ2v) is 4.32. The van der Waals surface area contributed by atoms with Gasteiger partial charge in [-0.05, 0) is 19.8 Å². The van der Waals surface area contributed by atoms with Gasteiger partial charge < -0.3 is 15.3 Å². The van der Waals surface area contributed by atoms with Crippen LogP contribution in [0.2, 0.25) is 0 Å². The van der Waals surface area contributed by atoms with Crippen LogP contribution in [-0.2, 0) is 14.4 Å². The van der Waals surface area contributed by atoms with Crippen molar-refractivity contribution in [2.45, 2.75) is 46.0 Å². The van der Waals surface area contributed by atoms with Crippen molar-refractivity contribution < 1.29 is 19.5 Å². The molecule has 0 unspecified atom stereocenters. The van der Waals surface area contributed by atoms with Crippen molar-refractivity contribution in [2.75, 3.05) is 19.6 Å². The summed E-state index contributed by atoms with van der Waals surface area (Å²) in [5, 5.41) is 11.3. The van der Waals surface area contributed by atoms with Crippen molar-refractivity contribution in [3.05, 3.63) is 0 Å². The Hall–Kier alpha value is -1.59. The van der Waals surface area contributed by atoms with Crippen molar-refractivity contribution in [2.24, 2.45) is 0 Å². The van der Waals surface area contributed by atoms with Crippen LogP contribution in [0.25, 0.3) is 0 Å². The molecule has 0 rings (SSSR count). The van der Waals surface area contributed by atoms with E-state index in [0.29, 0.717) is 25.9 Å². The third-order valence-electron chi connectivity index (χ3n) is 2.70. The number of carboxylic acids is 1. The number of nitrogens with one attached hydrogen (secondary N) is 1. The summed E-state index contributed by atoms with van der Waals surface area (Å²) in [6, 6.07) is 0. The van der Waals surface area contributed by atoms with Gasteiger partial charge in [-0.2, -0.15) is 0 Å². The van der Waals surface area contributed by atoms with Gasteiger partial charge >= 0.3 is 5.97 Å². The monoisotopic (exact) mass is 272 g/mol. The Morgan fingerprint density at radius 3 is 2.32 bits per heavy atom. The SMILES string of the molecule is CCCNC(=O)CCCC(=O)N(CC)CCC(=O)O. The van der Waals surface area contributed by atoms with Gasteiger partial charge in [0.05, 0.1) is 6.42 Å². The predicted molar refractivity (Wildman–Crippen MR) is 71.7 cm³/mol. The van der Waals surface area contributed by atoms with E-state index in [2.05, 4.69) is 5.32 Å². The van der Waals surface area contributed by atoms with E-state index in [1.54, 1.807) is 0 Å². The van der Waals surface area contributed by atoms with Crippen LogP contribution in [0.1, 0.15) is 46.0 Å². The van der Waals surface area contributed by atoms with Gasteiger partial charge in [0, 0.05) is 32.5 Å². The maximum Gasteiger partial charge on any atom is 0.305 e. The number of carbonyl (C=O) groups is 3. The number of hydrogen-bond donors (Lipinski definition) is 2. The fraction of sp³-hybridized carbons (Fsp3) is 0.769. The predicted octanol–water partition coefficient (Wildman–Crippen LogP) is 1.01. The normalized spacial score (nSPS) is 10.0. The molecule has 2 amide bonds. The number of rotatable bonds is 10. The van der Waals surface area contributed by atoms with E-state index in [1.165, 1.54) is 4.90 Å². The Balaban J connectivity index is 3.87. The van der Waals surface area contributed by atoms with Crippen LogP contribution in [0.5, 0.6) is 0 Å². The van der Waals surface area contributed by atoms with E-state index in [1.807, 2.05) is 13.8 Å². The van der Waals surface area contributed by atoms with E-state index in [-0.39, 0.29) is 31.2 Å². The van der Waals surface area contributed by atoms with Gasteiger partial charge in [0.2, 0.25) is 11.8 Å². The lowest BCUT2D eigenvalue weighted by Crippen LogP contribution is -2.33. The molecule has 6 heteroatoms. The molecule has 0 aliphatic heterocycles. The number of carboxylic acid groups (broad SMARTS) is 1. The molecule has 0 aliphatic carbocycles. The van der Waals surface area contributed by atoms with Crippen molar-refractivity contribution in [1.29, 1.82) is 0 Å². The van der Waals surface area contributed by atoms with E-state index < -0.39 is 5.97 Å². The minimum Gasteiger partial charge on any atom is -0.481 e. The molecule has 0 bridgehead atoms. The molecule has 0 saturated carbocycles. The molecule has 6 nitrogen and oxygen atoms in total. The Bertz CT molecular complexity index is 305.